The van der Waals surface area contributed by atoms with Gasteiger partial charge in [0.05, 0.1) is 6.61 Å². The quantitative estimate of drug-likeness (QED) is 0.143. The van der Waals surface area contributed by atoms with E-state index in [2.05, 4.69) is 5.32 Å². The number of carbonyl (C=O) groups is 2. The number of aryl methyl sites for hydroxylation is 1. The molecule has 3 aromatic carbocycles. The Balaban J connectivity index is 0.00000312. The molecule has 1 amide bonds. The molecule has 244 valence electrons. The summed E-state index contributed by atoms with van der Waals surface area (Å²) in [5.74, 6) is 1.35. The van der Waals surface area contributed by atoms with E-state index in [-0.39, 0.29) is 26.4 Å². The summed E-state index contributed by atoms with van der Waals surface area (Å²) < 4.78 is 13.0. The molecule has 2 atom stereocenters. The van der Waals surface area contributed by atoms with Crippen LogP contribution in [0.5, 0.6) is 0 Å². The van der Waals surface area contributed by atoms with Crippen LogP contribution in [0.3, 0.4) is 0 Å². The number of halogens is 1. The maximum absolute atomic E-state index is 13.5. The molecule has 1 aliphatic carbocycles. The van der Waals surface area contributed by atoms with Gasteiger partial charge >= 0.3 is 24.8 Å². The summed E-state index contributed by atoms with van der Waals surface area (Å²) in [6.45, 7) is 2.34. The average Bonchev–Trinajstić information content (AvgIpc) is 3.56. The van der Waals surface area contributed by atoms with Crippen LogP contribution in [0, 0.1) is 12.8 Å². The number of benzene rings is 3. The Morgan fingerprint density at radius 2 is 1.77 bits per heavy atom. The Morgan fingerprint density at radius 1 is 1.02 bits per heavy atom. The van der Waals surface area contributed by atoms with Gasteiger partial charge in [-0.15, -0.1) is 0 Å². The third-order valence-electron chi connectivity index (χ3n) is 8.77. The number of ether oxygens (including phenoxy) is 1. The number of amides is 1. The molecule has 6 nitrogen and oxygen atoms in total. The Kier molecular flexibility index (Phi) is 14.1. The van der Waals surface area contributed by atoms with E-state index in [0.717, 1.165) is 45.8 Å². The van der Waals surface area contributed by atoms with Gasteiger partial charge in [-0.3, -0.25) is 4.79 Å². The van der Waals surface area contributed by atoms with E-state index in [0.29, 0.717) is 35.3 Å². The number of nitrogens with one attached hydrogen (secondary N) is 1. The van der Waals surface area contributed by atoms with Crippen molar-refractivity contribution in [2.75, 3.05) is 12.0 Å². The van der Waals surface area contributed by atoms with Crippen molar-refractivity contribution in [3.63, 3.8) is 0 Å². The zero-order valence-electron chi connectivity index (χ0n) is 28.5. The minimum Gasteiger partial charge on any atom is -1.00 e. The number of furan rings is 1. The molecule has 0 bridgehead atoms. The van der Waals surface area contributed by atoms with Crippen LogP contribution >= 0.6 is 23.4 Å². The van der Waals surface area contributed by atoms with Crippen LogP contribution in [0.2, 0.25) is 5.02 Å². The first-order chi connectivity index (χ1) is 22.3. The van der Waals surface area contributed by atoms with Gasteiger partial charge in [-0.1, -0.05) is 74.0 Å². The molecule has 1 aliphatic rings. The van der Waals surface area contributed by atoms with Crippen LogP contribution in [0.15, 0.2) is 83.3 Å². The summed E-state index contributed by atoms with van der Waals surface area (Å²) in [6, 6.07) is 24.2. The molecule has 9 heteroatoms. The van der Waals surface area contributed by atoms with Crippen LogP contribution in [0.25, 0.3) is 22.5 Å². The molecule has 47 heavy (non-hydrogen) atoms. The number of carbonyl (C=O) groups excluding carboxylic acids is 1. The monoisotopic (exact) mass is 667 g/mol. The first kappa shape index (κ1) is 36.9. The van der Waals surface area contributed by atoms with Crippen molar-refractivity contribution in [1.29, 1.82) is 0 Å². The fourth-order valence-corrected chi connectivity index (χ4v) is 6.79. The molecule has 0 radical (unpaired) electrons. The van der Waals surface area contributed by atoms with E-state index in [4.69, 9.17) is 20.8 Å². The van der Waals surface area contributed by atoms with Crippen molar-refractivity contribution in [1.82, 2.24) is 5.32 Å². The minimum atomic E-state index is -1.04. The summed E-state index contributed by atoms with van der Waals surface area (Å²) >= 11 is 7.66. The van der Waals surface area contributed by atoms with Crippen molar-refractivity contribution in [3.05, 3.63) is 106 Å². The largest absolute Gasteiger partial charge is 1.00 e. The van der Waals surface area contributed by atoms with Crippen LogP contribution in [0.1, 0.15) is 79.7 Å². The topological polar surface area (TPSA) is 88.8 Å². The maximum Gasteiger partial charge on any atom is 1.00 e. The second-order valence-corrected chi connectivity index (χ2v) is 13.5. The molecular formula is C38H43ClLiNO5S. The second-order valence-electron chi connectivity index (χ2n) is 12.1. The number of carboxylic acids is 1. The van der Waals surface area contributed by atoms with Crippen molar-refractivity contribution < 1.29 is 44.1 Å². The molecular weight excluding hydrogens is 625 g/mol. The molecule has 1 aromatic heterocycles. The van der Waals surface area contributed by atoms with Crippen LogP contribution < -0.4 is 24.2 Å². The molecule has 0 aliphatic heterocycles. The van der Waals surface area contributed by atoms with E-state index < -0.39 is 17.9 Å². The summed E-state index contributed by atoms with van der Waals surface area (Å²) in [7, 11) is 0. The molecule has 2 unspecified atom stereocenters. The number of thioether (sulfide) groups is 1. The Bertz CT molecular complexity index is 1630. The standard InChI is InChI=1S/C38H42ClNO5S.Li.H/c1-25-8-6-7-11-30(25)32-22-27(12-17-31(32)37(41)40-33(38(42)43)20-21-46-2)24-44-36(23-26-9-4-3-5-10-26)35-19-18-34(45-35)28-13-15-29(39)16-14-28;;/h6-8,11-19,22,26,33,36H,3-5,9-10,20-21,23-24H2,1-2H3,(H,40,41)(H,42,43);;/q;+1;-1. The van der Waals surface area contributed by atoms with Gasteiger partial charge in [0, 0.05) is 16.1 Å². The van der Waals surface area contributed by atoms with Gasteiger partial charge in [0.2, 0.25) is 0 Å². The van der Waals surface area contributed by atoms with Gasteiger partial charge in [0.1, 0.15) is 23.7 Å². The Labute approximate surface area is 300 Å². The minimum absolute atomic E-state index is 0. The number of hydrogen-bond donors (Lipinski definition) is 2. The summed E-state index contributed by atoms with van der Waals surface area (Å²) in [5.41, 5.74) is 5.01. The van der Waals surface area contributed by atoms with Gasteiger partial charge in [0.25, 0.3) is 5.91 Å². The van der Waals surface area contributed by atoms with E-state index in [1.807, 2.05) is 86.0 Å². The fourth-order valence-electron chi connectivity index (χ4n) is 6.19. The van der Waals surface area contributed by atoms with Crippen molar-refractivity contribution >= 4 is 35.2 Å². The maximum atomic E-state index is 13.5. The van der Waals surface area contributed by atoms with Crippen LogP contribution in [0.4, 0.5) is 0 Å². The smallest absolute Gasteiger partial charge is 1.00 e. The van der Waals surface area contributed by atoms with Gasteiger partial charge in [-0.2, -0.15) is 11.8 Å². The molecule has 5 rings (SSSR count). The number of aliphatic carboxylic acids is 1. The Morgan fingerprint density at radius 3 is 2.47 bits per heavy atom. The van der Waals surface area contributed by atoms with Crippen molar-refractivity contribution in [2.45, 2.75) is 70.6 Å². The predicted octanol–water partition coefficient (Wildman–Crippen LogP) is 6.86. The zero-order valence-corrected chi connectivity index (χ0v) is 29.0. The predicted molar refractivity (Wildman–Crippen MR) is 187 cm³/mol. The zero-order chi connectivity index (χ0) is 32.5. The Hall–Kier alpha value is -2.92. The molecule has 4 aromatic rings. The average molecular weight is 668 g/mol. The number of carboxylic acid groups (broad SMARTS) is 1. The first-order valence-corrected chi connectivity index (χ1v) is 17.8. The van der Waals surface area contributed by atoms with E-state index in [1.165, 1.54) is 32.1 Å². The van der Waals surface area contributed by atoms with E-state index >= 15 is 0 Å². The van der Waals surface area contributed by atoms with Gasteiger partial charge in [0.15, 0.2) is 0 Å². The van der Waals surface area contributed by atoms with Gasteiger partial charge in [-0.05, 0) is 108 Å². The summed E-state index contributed by atoms with van der Waals surface area (Å²) in [5, 5.41) is 13.2. The van der Waals surface area contributed by atoms with Crippen molar-refractivity contribution in [2.24, 2.45) is 5.92 Å². The molecule has 0 spiro atoms. The third-order valence-corrected chi connectivity index (χ3v) is 9.67. The van der Waals surface area contributed by atoms with E-state index in [1.54, 1.807) is 17.8 Å². The fraction of sp³-hybridized carbons (Fsp3) is 0.368. The summed E-state index contributed by atoms with van der Waals surface area (Å²) in [4.78, 5) is 25.4. The summed E-state index contributed by atoms with van der Waals surface area (Å²) in [6.07, 6.45) is 9.09. The molecule has 2 N–H and O–H groups in total. The van der Waals surface area contributed by atoms with Gasteiger partial charge < -0.3 is 21.0 Å². The molecule has 1 fully saturated rings. The SMILES string of the molecule is CSCCC(NC(=O)c1ccc(COC(CC2CCCCC2)c2ccc(-c3ccc(Cl)cc3)o2)cc1-c1ccccc1C)C(=O)O.[H-].[Li+]. The van der Waals surface area contributed by atoms with Gasteiger partial charge in [-0.25, -0.2) is 4.79 Å². The molecule has 1 saturated carbocycles. The number of rotatable bonds is 14. The first-order valence-electron chi connectivity index (χ1n) is 16.0. The third kappa shape index (κ3) is 10.0. The van der Waals surface area contributed by atoms with Crippen LogP contribution in [-0.2, 0) is 16.1 Å². The van der Waals surface area contributed by atoms with Crippen LogP contribution in [-0.4, -0.2) is 35.0 Å². The second kappa shape index (κ2) is 18.0. The number of hydrogen-bond acceptors (Lipinski definition) is 5. The van der Waals surface area contributed by atoms with Crippen molar-refractivity contribution in [3.8, 4) is 22.5 Å². The van der Waals surface area contributed by atoms with E-state index in [9.17, 15) is 14.7 Å². The molecule has 0 saturated heterocycles. The molecule has 1 heterocycles. The normalized spacial score (nSPS) is 14.6.